The first-order valence-electron chi connectivity index (χ1n) is 5.60. The molecule has 2 N–H and O–H groups in total. The van der Waals surface area contributed by atoms with Crippen molar-refractivity contribution in [3.8, 4) is 12.3 Å². The molecule has 0 aliphatic carbocycles. The number of benzene rings is 1. The molecule has 0 amide bonds. The van der Waals surface area contributed by atoms with E-state index in [4.69, 9.17) is 15.9 Å². The van der Waals surface area contributed by atoms with Crippen LogP contribution in [0.4, 0.5) is 0 Å². The zero-order chi connectivity index (χ0) is 13.0. The lowest BCUT2D eigenvalue weighted by Crippen LogP contribution is -2.13. The molecule has 4 nitrogen and oxygen atoms in total. The second-order valence-electron chi connectivity index (χ2n) is 3.92. The molecule has 0 saturated heterocycles. The molecule has 2 rings (SSSR count). The summed E-state index contributed by atoms with van der Waals surface area (Å²) in [5, 5.41) is 12.8. The van der Waals surface area contributed by atoms with Crippen LogP contribution >= 0.6 is 0 Å². The Morgan fingerprint density at radius 3 is 3.00 bits per heavy atom. The molecule has 0 saturated carbocycles. The van der Waals surface area contributed by atoms with Gasteiger partial charge in [-0.3, -0.25) is 0 Å². The summed E-state index contributed by atoms with van der Waals surface area (Å²) in [4.78, 5) is 10.8. The van der Waals surface area contributed by atoms with Crippen LogP contribution < -0.4 is 5.32 Å². The van der Waals surface area contributed by atoms with Gasteiger partial charge in [0.2, 0.25) is 5.76 Å². The number of nitrogens with one attached hydrogen (secondary N) is 1. The number of rotatable bonds is 5. The molecule has 1 aromatic carbocycles. The van der Waals surface area contributed by atoms with Gasteiger partial charge in [-0.1, -0.05) is 6.07 Å². The van der Waals surface area contributed by atoms with Gasteiger partial charge in [-0.2, -0.15) is 0 Å². The van der Waals surface area contributed by atoms with E-state index in [1.165, 1.54) is 6.07 Å². The molecular formula is C14H13NO3. The molecule has 0 aliphatic rings. The molecule has 0 bridgehead atoms. The van der Waals surface area contributed by atoms with Crippen LogP contribution in [0.25, 0.3) is 11.0 Å². The van der Waals surface area contributed by atoms with Gasteiger partial charge in [0.1, 0.15) is 5.58 Å². The Hall–Kier alpha value is -2.25. The van der Waals surface area contributed by atoms with Gasteiger partial charge in [-0.05, 0) is 23.8 Å². The Balaban J connectivity index is 2.12. The number of carboxylic acid groups (broad SMARTS) is 1. The molecule has 0 aliphatic heterocycles. The van der Waals surface area contributed by atoms with Crippen molar-refractivity contribution in [2.75, 3.05) is 6.54 Å². The van der Waals surface area contributed by atoms with Crippen LogP contribution in [0.15, 0.2) is 28.7 Å². The Labute approximate surface area is 105 Å². The smallest absolute Gasteiger partial charge is 0.371 e. The number of carboxylic acids is 1. The predicted octanol–water partition coefficient (Wildman–Crippen LogP) is 2.24. The number of furan rings is 1. The Bertz CT molecular complexity index is 607. The Morgan fingerprint density at radius 1 is 1.44 bits per heavy atom. The Kier molecular flexibility index (Phi) is 3.66. The van der Waals surface area contributed by atoms with Crippen molar-refractivity contribution < 1.29 is 14.3 Å². The van der Waals surface area contributed by atoms with Crippen LogP contribution in [0.3, 0.4) is 0 Å². The lowest BCUT2D eigenvalue weighted by Gasteiger charge is -2.02. The maximum atomic E-state index is 10.8. The second kappa shape index (κ2) is 5.39. The molecule has 2 aromatic rings. The number of hydrogen-bond donors (Lipinski definition) is 2. The van der Waals surface area contributed by atoms with E-state index in [0.717, 1.165) is 17.5 Å². The van der Waals surface area contributed by atoms with Crippen LogP contribution in [0.1, 0.15) is 22.5 Å². The minimum Gasteiger partial charge on any atom is -0.475 e. The molecular weight excluding hydrogens is 230 g/mol. The fraction of sp³-hybridized carbons (Fsp3) is 0.214. The summed E-state index contributed by atoms with van der Waals surface area (Å²) in [5.41, 5.74) is 1.65. The zero-order valence-electron chi connectivity index (χ0n) is 9.77. The summed E-state index contributed by atoms with van der Waals surface area (Å²) < 4.78 is 5.18. The van der Waals surface area contributed by atoms with E-state index in [2.05, 4.69) is 11.2 Å². The highest BCUT2D eigenvalue weighted by Gasteiger charge is 2.10. The topological polar surface area (TPSA) is 62.5 Å². The summed E-state index contributed by atoms with van der Waals surface area (Å²) in [7, 11) is 0. The minimum absolute atomic E-state index is 0.0394. The average molecular weight is 243 g/mol. The van der Waals surface area contributed by atoms with E-state index in [0.29, 0.717) is 18.5 Å². The van der Waals surface area contributed by atoms with Crippen molar-refractivity contribution >= 4 is 16.9 Å². The fourth-order valence-electron chi connectivity index (χ4n) is 1.70. The van der Waals surface area contributed by atoms with E-state index in [1.807, 2.05) is 12.1 Å². The summed E-state index contributed by atoms with van der Waals surface area (Å²) in [6.07, 6.45) is 5.85. The monoisotopic (exact) mass is 243 g/mol. The minimum atomic E-state index is -1.06. The van der Waals surface area contributed by atoms with E-state index in [1.54, 1.807) is 6.07 Å². The van der Waals surface area contributed by atoms with Crippen LogP contribution in [0.5, 0.6) is 0 Å². The van der Waals surface area contributed by atoms with Gasteiger partial charge in [0.15, 0.2) is 0 Å². The average Bonchev–Trinajstić information content (AvgIpc) is 2.78. The van der Waals surface area contributed by atoms with Crippen LogP contribution in [0, 0.1) is 12.3 Å². The van der Waals surface area contributed by atoms with Crippen molar-refractivity contribution in [1.82, 2.24) is 5.32 Å². The number of fused-ring (bicyclic) bond motifs is 1. The molecule has 18 heavy (non-hydrogen) atoms. The third-order valence-corrected chi connectivity index (χ3v) is 2.57. The molecule has 92 valence electrons. The SMILES string of the molecule is C#CCCNCc1ccc2oc(C(=O)O)cc2c1. The van der Waals surface area contributed by atoms with Gasteiger partial charge in [-0.15, -0.1) is 12.3 Å². The zero-order valence-corrected chi connectivity index (χ0v) is 9.77. The fourth-order valence-corrected chi connectivity index (χ4v) is 1.70. The molecule has 0 atom stereocenters. The van der Waals surface area contributed by atoms with E-state index >= 15 is 0 Å². The predicted molar refractivity (Wildman–Crippen MR) is 68.3 cm³/mol. The molecule has 0 spiro atoms. The number of aromatic carboxylic acids is 1. The third-order valence-electron chi connectivity index (χ3n) is 2.57. The quantitative estimate of drug-likeness (QED) is 0.624. The molecule has 0 unspecified atom stereocenters. The number of hydrogen-bond acceptors (Lipinski definition) is 3. The van der Waals surface area contributed by atoms with E-state index in [9.17, 15) is 4.79 Å². The number of terminal acetylenes is 1. The summed E-state index contributed by atoms with van der Waals surface area (Å²) in [5.74, 6) is 1.46. The van der Waals surface area contributed by atoms with Crippen molar-refractivity contribution in [1.29, 1.82) is 0 Å². The summed E-state index contributed by atoms with van der Waals surface area (Å²) >= 11 is 0. The highest BCUT2D eigenvalue weighted by molar-refractivity contribution is 5.91. The first-order chi connectivity index (χ1) is 8.70. The summed E-state index contributed by atoms with van der Waals surface area (Å²) in [6.45, 7) is 1.46. The van der Waals surface area contributed by atoms with Gasteiger partial charge in [0, 0.05) is 24.9 Å². The standard InChI is InChI=1S/C14H13NO3/c1-2-3-6-15-9-10-4-5-12-11(7-10)8-13(18-12)14(16)17/h1,4-5,7-8,15H,3,6,9H2,(H,16,17). The first-order valence-corrected chi connectivity index (χ1v) is 5.60. The summed E-state index contributed by atoms with van der Waals surface area (Å²) in [6, 6.07) is 7.12. The maximum Gasteiger partial charge on any atom is 0.371 e. The molecule has 1 aromatic heterocycles. The lowest BCUT2D eigenvalue weighted by atomic mass is 10.1. The van der Waals surface area contributed by atoms with Crippen LogP contribution in [-0.2, 0) is 6.54 Å². The molecule has 0 fully saturated rings. The van der Waals surface area contributed by atoms with Gasteiger partial charge in [-0.25, -0.2) is 4.79 Å². The highest BCUT2D eigenvalue weighted by atomic mass is 16.4. The third kappa shape index (κ3) is 2.70. The lowest BCUT2D eigenvalue weighted by molar-refractivity contribution is 0.0665. The van der Waals surface area contributed by atoms with Gasteiger partial charge in [0.25, 0.3) is 0 Å². The van der Waals surface area contributed by atoms with Crippen molar-refractivity contribution in [2.24, 2.45) is 0 Å². The molecule has 4 heteroatoms. The highest BCUT2D eigenvalue weighted by Crippen LogP contribution is 2.20. The van der Waals surface area contributed by atoms with E-state index < -0.39 is 5.97 Å². The van der Waals surface area contributed by atoms with Crippen molar-refractivity contribution in [3.05, 3.63) is 35.6 Å². The van der Waals surface area contributed by atoms with Gasteiger partial charge < -0.3 is 14.8 Å². The molecule has 0 radical (unpaired) electrons. The van der Waals surface area contributed by atoms with Crippen molar-refractivity contribution in [3.63, 3.8) is 0 Å². The van der Waals surface area contributed by atoms with Crippen LogP contribution in [-0.4, -0.2) is 17.6 Å². The van der Waals surface area contributed by atoms with Gasteiger partial charge in [0.05, 0.1) is 0 Å². The number of carbonyl (C=O) groups is 1. The Morgan fingerprint density at radius 2 is 2.28 bits per heavy atom. The molecule has 1 heterocycles. The van der Waals surface area contributed by atoms with Crippen LogP contribution in [0.2, 0.25) is 0 Å². The normalized spacial score (nSPS) is 10.4. The van der Waals surface area contributed by atoms with Crippen molar-refractivity contribution in [2.45, 2.75) is 13.0 Å². The van der Waals surface area contributed by atoms with Gasteiger partial charge >= 0.3 is 5.97 Å². The largest absolute Gasteiger partial charge is 0.475 e. The maximum absolute atomic E-state index is 10.8. The second-order valence-corrected chi connectivity index (χ2v) is 3.92. The first kappa shape index (κ1) is 12.2. The van der Waals surface area contributed by atoms with E-state index in [-0.39, 0.29) is 5.76 Å².